The summed E-state index contributed by atoms with van der Waals surface area (Å²) in [6, 6.07) is 6.28. The number of hydrogen-bond donors (Lipinski definition) is 3. The Bertz CT molecular complexity index is 994. The van der Waals surface area contributed by atoms with Gasteiger partial charge in [0.15, 0.2) is 0 Å². The number of carbonyl (C=O) groups is 1. The van der Waals surface area contributed by atoms with Crippen LogP contribution in [0.25, 0.3) is 22.6 Å². The molecule has 6 nitrogen and oxygen atoms in total. The first-order valence-corrected chi connectivity index (χ1v) is 7.46. The van der Waals surface area contributed by atoms with Crippen LogP contribution in [0.2, 0.25) is 0 Å². The van der Waals surface area contributed by atoms with Crippen LogP contribution in [0.4, 0.5) is 19.1 Å². The maximum atomic E-state index is 13.1. The fourth-order valence-electron chi connectivity index (χ4n) is 2.59. The number of amides is 1. The Morgan fingerprint density at radius 3 is 2.54 bits per heavy atom. The lowest BCUT2D eigenvalue weighted by atomic mass is 9.99. The standard InChI is InChI=1S/C17H14F3N5O/c1-8-2-3-9(17(18,19)20)6-10(8)14-11(15(21)26)7-13(24-14)12-4-5-23-16(22)25-12/h2-7,24H,1H3,(H2,21,26)(H2,22,23,25). The summed E-state index contributed by atoms with van der Waals surface area (Å²) in [7, 11) is 0. The van der Waals surface area contributed by atoms with E-state index in [1.807, 2.05) is 0 Å². The molecule has 0 unspecified atom stereocenters. The maximum Gasteiger partial charge on any atom is 0.416 e. The van der Waals surface area contributed by atoms with E-state index in [0.29, 0.717) is 17.0 Å². The topological polar surface area (TPSA) is 111 Å². The number of rotatable bonds is 3. The van der Waals surface area contributed by atoms with Crippen LogP contribution in [-0.2, 0) is 6.18 Å². The van der Waals surface area contributed by atoms with Gasteiger partial charge >= 0.3 is 6.18 Å². The number of alkyl halides is 3. The molecule has 1 amide bonds. The maximum absolute atomic E-state index is 13.1. The summed E-state index contributed by atoms with van der Waals surface area (Å²) < 4.78 is 39.2. The number of nitrogens with two attached hydrogens (primary N) is 2. The van der Waals surface area contributed by atoms with Crippen molar-refractivity contribution in [3.8, 4) is 22.6 Å². The van der Waals surface area contributed by atoms with Gasteiger partial charge in [-0.05, 0) is 36.8 Å². The lowest BCUT2D eigenvalue weighted by molar-refractivity contribution is -0.137. The molecular weight excluding hydrogens is 347 g/mol. The van der Waals surface area contributed by atoms with E-state index in [1.54, 1.807) is 13.0 Å². The van der Waals surface area contributed by atoms with E-state index >= 15 is 0 Å². The number of aromatic nitrogens is 3. The van der Waals surface area contributed by atoms with Crippen LogP contribution in [-0.4, -0.2) is 20.9 Å². The van der Waals surface area contributed by atoms with Crippen LogP contribution < -0.4 is 11.5 Å². The summed E-state index contributed by atoms with van der Waals surface area (Å²) in [6.07, 6.45) is -3.08. The monoisotopic (exact) mass is 361 g/mol. The first-order valence-electron chi connectivity index (χ1n) is 7.46. The number of benzene rings is 1. The van der Waals surface area contributed by atoms with E-state index in [4.69, 9.17) is 11.5 Å². The van der Waals surface area contributed by atoms with Gasteiger partial charge in [-0.2, -0.15) is 13.2 Å². The van der Waals surface area contributed by atoms with Crippen molar-refractivity contribution >= 4 is 11.9 Å². The van der Waals surface area contributed by atoms with Crippen LogP contribution in [0.5, 0.6) is 0 Å². The van der Waals surface area contributed by atoms with Gasteiger partial charge < -0.3 is 16.5 Å². The molecular formula is C17H14F3N5O. The first-order chi connectivity index (χ1) is 12.2. The molecule has 134 valence electrons. The number of H-pyrrole nitrogens is 1. The van der Waals surface area contributed by atoms with E-state index < -0.39 is 17.6 Å². The number of anilines is 1. The zero-order valence-corrected chi connectivity index (χ0v) is 13.6. The Labute approximate surface area is 146 Å². The molecule has 0 saturated heterocycles. The Hall–Kier alpha value is -3.36. The van der Waals surface area contributed by atoms with Crippen LogP contribution in [0, 0.1) is 6.92 Å². The van der Waals surface area contributed by atoms with Gasteiger partial charge in [-0.3, -0.25) is 4.79 Å². The highest BCUT2D eigenvalue weighted by molar-refractivity contribution is 6.01. The zero-order valence-electron chi connectivity index (χ0n) is 13.6. The number of carbonyl (C=O) groups excluding carboxylic acids is 1. The van der Waals surface area contributed by atoms with Crippen molar-refractivity contribution in [1.29, 1.82) is 0 Å². The zero-order chi connectivity index (χ0) is 19.1. The summed E-state index contributed by atoms with van der Waals surface area (Å²) in [6.45, 7) is 1.64. The number of nitrogens with one attached hydrogen (secondary N) is 1. The lowest BCUT2D eigenvalue weighted by Gasteiger charge is -2.11. The fraction of sp³-hybridized carbons (Fsp3) is 0.118. The molecule has 0 aliphatic heterocycles. The fourth-order valence-corrected chi connectivity index (χ4v) is 2.59. The SMILES string of the molecule is Cc1ccc(C(F)(F)F)cc1-c1[nH]c(-c2ccnc(N)n2)cc1C(N)=O. The van der Waals surface area contributed by atoms with Crippen molar-refractivity contribution < 1.29 is 18.0 Å². The summed E-state index contributed by atoms with van der Waals surface area (Å²) >= 11 is 0. The van der Waals surface area contributed by atoms with Gasteiger partial charge in [0.25, 0.3) is 5.91 Å². The molecule has 1 aromatic carbocycles. The predicted octanol–water partition coefficient (Wildman–Crippen LogP) is 3.15. The van der Waals surface area contributed by atoms with Crippen molar-refractivity contribution in [1.82, 2.24) is 15.0 Å². The van der Waals surface area contributed by atoms with E-state index in [2.05, 4.69) is 15.0 Å². The molecule has 5 N–H and O–H groups in total. The van der Waals surface area contributed by atoms with Crippen LogP contribution in [0.15, 0.2) is 36.5 Å². The Morgan fingerprint density at radius 1 is 1.19 bits per heavy atom. The lowest BCUT2D eigenvalue weighted by Crippen LogP contribution is -2.11. The number of aromatic amines is 1. The Kier molecular flexibility index (Phi) is 4.15. The van der Waals surface area contributed by atoms with Gasteiger partial charge in [-0.25, -0.2) is 9.97 Å². The number of aryl methyl sites for hydroxylation is 1. The van der Waals surface area contributed by atoms with Crippen LogP contribution in [0.1, 0.15) is 21.5 Å². The molecule has 9 heteroatoms. The third-order valence-corrected chi connectivity index (χ3v) is 3.87. The van der Waals surface area contributed by atoms with Crippen molar-refractivity contribution in [2.45, 2.75) is 13.1 Å². The highest BCUT2D eigenvalue weighted by atomic mass is 19.4. The Balaban J connectivity index is 2.21. The van der Waals surface area contributed by atoms with E-state index in [1.165, 1.54) is 18.3 Å². The van der Waals surface area contributed by atoms with Gasteiger partial charge in [-0.1, -0.05) is 6.07 Å². The molecule has 0 atom stereocenters. The average Bonchev–Trinajstić information content (AvgIpc) is 2.99. The molecule has 0 spiro atoms. The van der Waals surface area contributed by atoms with Gasteiger partial charge in [-0.15, -0.1) is 0 Å². The summed E-state index contributed by atoms with van der Waals surface area (Å²) in [4.78, 5) is 22.6. The van der Waals surface area contributed by atoms with Gasteiger partial charge in [0, 0.05) is 11.8 Å². The second kappa shape index (κ2) is 6.17. The minimum Gasteiger partial charge on any atom is -0.368 e. The van der Waals surface area contributed by atoms with Gasteiger partial charge in [0.1, 0.15) is 0 Å². The largest absolute Gasteiger partial charge is 0.416 e. The van der Waals surface area contributed by atoms with E-state index in [9.17, 15) is 18.0 Å². The molecule has 26 heavy (non-hydrogen) atoms. The Morgan fingerprint density at radius 2 is 1.92 bits per heavy atom. The van der Waals surface area contributed by atoms with Crippen molar-refractivity contribution in [3.63, 3.8) is 0 Å². The quantitative estimate of drug-likeness (QED) is 0.665. The van der Waals surface area contributed by atoms with Crippen molar-refractivity contribution in [3.05, 3.63) is 53.2 Å². The number of halogens is 3. The first kappa shape index (κ1) is 17.5. The summed E-state index contributed by atoms with van der Waals surface area (Å²) in [5.74, 6) is -0.754. The number of nitrogen functional groups attached to an aromatic ring is 1. The van der Waals surface area contributed by atoms with E-state index in [-0.39, 0.29) is 22.8 Å². The highest BCUT2D eigenvalue weighted by Crippen LogP contribution is 2.36. The normalized spacial score (nSPS) is 11.5. The molecule has 3 rings (SSSR count). The third-order valence-electron chi connectivity index (χ3n) is 3.87. The second-order valence-electron chi connectivity index (χ2n) is 5.66. The molecule has 3 aromatic rings. The van der Waals surface area contributed by atoms with Crippen LogP contribution in [0.3, 0.4) is 0 Å². The molecule has 0 fully saturated rings. The van der Waals surface area contributed by atoms with Crippen LogP contribution >= 0.6 is 0 Å². The molecule has 2 heterocycles. The minimum atomic E-state index is -4.51. The number of nitrogens with zero attached hydrogens (tertiary/aromatic N) is 2. The summed E-state index contributed by atoms with van der Waals surface area (Å²) in [5.41, 5.74) is 11.9. The van der Waals surface area contributed by atoms with Crippen molar-refractivity contribution in [2.24, 2.45) is 5.73 Å². The molecule has 0 radical (unpaired) electrons. The minimum absolute atomic E-state index is 0.0227. The third kappa shape index (κ3) is 3.23. The summed E-state index contributed by atoms with van der Waals surface area (Å²) in [5, 5.41) is 0. The smallest absolute Gasteiger partial charge is 0.368 e. The molecule has 0 bridgehead atoms. The number of hydrogen-bond acceptors (Lipinski definition) is 4. The molecule has 0 aliphatic carbocycles. The van der Waals surface area contributed by atoms with E-state index in [0.717, 1.165) is 12.1 Å². The highest BCUT2D eigenvalue weighted by Gasteiger charge is 2.31. The number of primary amides is 1. The molecule has 0 saturated carbocycles. The van der Waals surface area contributed by atoms with Gasteiger partial charge in [0.05, 0.1) is 28.2 Å². The molecule has 2 aromatic heterocycles. The average molecular weight is 361 g/mol. The van der Waals surface area contributed by atoms with Crippen molar-refractivity contribution in [2.75, 3.05) is 5.73 Å². The van der Waals surface area contributed by atoms with Gasteiger partial charge in [0.2, 0.25) is 5.95 Å². The second-order valence-corrected chi connectivity index (χ2v) is 5.66. The molecule has 0 aliphatic rings. The predicted molar refractivity (Wildman–Crippen MR) is 89.9 cm³/mol.